The molecule has 0 spiro atoms. The summed E-state index contributed by atoms with van der Waals surface area (Å²) < 4.78 is 0. The molecule has 0 radical (unpaired) electrons. The number of carbonyl (C=O) groups excluding carboxylic acids is 1. The van der Waals surface area contributed by atoms with Gasteiger partial charge in [-0.2, -0.15) is 0 Å². The Bertz CT molecular complexity index is 421. The maximum atomic E-state index is 12.3. The number of hydrogen-bond acceptors (Lipinski definition) is 1. The van der Waals surface area contributed by atoms with E-state index < -0.39 is 0 Å². The van der Waals surface area contributed by atoms with Gasteiger partial charge in [-0.1, -0.05) is 37.1 Å². The van der Waals surface area contributed by atoms with Crippen molar-refractivity contribution in [2.75, 3.05) is 6.54 Å². The number of nitrogens with zero attached hydrogens (tertiary/aromatic N) is 1. The molecule has 17 heavy (non-hydrogen) atoms. The summed E-state index contributed by atoms with van der Waals surface area (Å²) in [5, 5.41) is 0. The summed E-state index contributed by atoms with van der Waals surface area (Å²) in [4.78, 5) is 14.4. The summed E-state index contributed by atoms with van der Waals surface area (Å²) in [6, 6.07) is 8.51. The third-order valence-corrected chi connectivity index (χ3v) is 4.15. The van der Waals surface area contributed by atoms with Gasteiger partial charge in [-0.25, -0.2) is 0 Å². The van der Waals surface area contributed by atoms with Crippen LogP contribution in [0.25, 0.3) is 0 Å². The van der Waals surface area contributed by atoms with Crippen LogP contribution < -0.4 is 0 Å². The summed E-state index contributed by atoms with van der Waals surface area (Å²) in [7, 11) is 0. The van der Waals surface area contributed by atoms with Crippen LogP contribution in [0.1, 0.15) is 36.8 Å². The van der Waals surface area contributed by atoms with Gasteiger partial charge in [0.2, 0.25) is 5.91 Å². The van der Waals surface area contributed by atoms with Crippen molar-refractivity contribution in [3.05, 3.63) is 35.4 Å². The van der Waals surface area contributed by atoms with Gasteiger partial charge in [0.05, 0.1) is 0 Å². The van der Waals surface area contributed by atoms with E-state index in [1.165, 1.54) is 24.0 Å². The first-order chi connectivity index (χ1) is 8.34. The standard InChI is InChI=1S/C15H19NO/c17-15(13-6-2-3-7-13)16-10-9-12-5-1-4-8-14(12)11-16/h1,4-5,8,13H,2-3,6-7,9-11H2. The fourth-order valence-corrected chi connectivity index (χ4v) is 3.11. The molecule has 1 saturated carbocycles. The van der Waals surface area contributed by atoms with E-state index in [1.807, 2.05) is 0 Å². The average molecular weight is 229 g/mol. The van der Waals surface area contributed by atoms with Crippen molar-refractivity contribution in [2.24, 2.45) is 5.92 Å². The van der Waals surface area contributed by atoms with Gasteiger partial charge >= 0.3 is 0 Å². The summed E-state index contributed by atoms with van der Waals surface area (Å²) in [6.07, 6.45) is 5.71. The van der Waals surface area contributed by atoms with Crippen molar-refractivity contribution >= 4 is 5.91 Å². The molecule has 0 saturated heterocycles. The molecular weight excluding hydrogens is 210 g/mol. The van der Waals surface area contributed by atoms with Crippen LogP contribution in [-0.4, -0.2) is 17.4 Å². The van der Waals surface area contributed by atoms with Crippen molar-refractivity contribution in [1.29, 1.82) is 0 Å². The predicted molar refractivity (Wildman–Crippen MR) is 67.5 cm³/mol. The first-order valence-corrected chi connectivity index (χ1v) is 6.70. The van der Waals surface area contributed by atoms with Crippen LogP contribution >= 0.6 is 0 Å². The molecule has 1 fully saturated rings. The lowest BCUT2D eigenvalue weighted by Gasteiger charge is -2.30. The Labute approximate surface area is 103 Å². The van der Waals surface area contributed by atoms with Gasteiger partial charge in [-0.05, 0) is 30.4 Å². The van der Waals surface area contributed by atoms with Crippen LogP contribution in [0.4, 0.5) is 0 Å². The van der Waals surface area contributed by atoms with Crippen LogP contribution in [0, 0.1) is 5.92 Å². The van der Waals surface area contributed by atoms with Gasteiger partial charge in [0, 0.05) is 19.0 Å². The second kappa shape index (κ2) is 4.52. The molecule has 1 aromatic carbocycles. The van der Waals surface area contributed by atoms with Crippen molar-refractivity contribution in [1.82, 2.24) is 4.90 Å². The minimum atomic E-state index is 0.320. The Morgan fingerprint density at radius 1 is 1.12 bits per heavy atom. The van der Waals surface area contributed by atoms with E-state index in [2.05, 4.69) is 29.2 Å². The number of carbonyl (C=O) groups is 1. The van der Waals surface area contributed by atoms with E-state index in [-0.39, 0.29) is 0 Å². The zero-order valence-corrected chi connectivity index (χ0v) is 10.2. The molecule has 1 aromatic rings. The van der Waals surface area contributed by atoms with E-state index in [4.69, 9.17) is 0 Å². The van der Waals surface area contributed by atoms with E-state index in [0.29, 0.717) is 11.8 Å². The summed E-state index contributed by atoms with van der Waals surface area (Å²) in [6.45, 7) is 1.73. The van der Waals surface area contributed by atoms with Gasteiger partial charge in [0.25, 0.3) is 0 Å². The van der Waals surface area contributed by atoms with Crippen molar-refractivity contribution in [2.45, 2.75) is 38.6 Å². The summed E-state index contributed by atoms with van der Waals surface area (Å²) >= 11 is 0. The second-order valence-corrected chi connectivity index (χ2v) is 5.26. The van der Waals surface area contributed by atoms with Gasteiger partial charge in [-0.3, -0.25) is 4.79 Å². The Morgan fingerprint density at radius 3 is 2.59 bits per heavy atom. The minimum absolute atomic E-state index is 0.320. The fourth-order valence-electron chi connectivity index (χ4n) is 3.11. The van der Waals surface area contributed by atoms with Crippen LogP contribution in [0.15, 0.2) is 24.3 Å². The quantitative estimate of drug-likeness (QED) is 0.725. The number of hydrogen-bond donors (Lipinski definition) is 0. The van der Waals surface area contributed by atoms with Crippen LogP contribution in [0.3, 0.4) is 0 Å². The largest absolute Gasteiger partial charge is 0.338 e. The molecule has 1 amide bonds. The smallest absolute Gasteiger partial charge is 0.225 e. The fraction of sp³-hybridized carbons (Fsp3) is 0.533. The first-order valence-electron chi connectivity index (χ1n) is 6.70. The molecule has 1 heterocycles. The van der Waals surface area contributed by atoms with Crippen molar-refractivity contribution in [3.8, 4) is 0 Å². The highest BCUT2D eigenvalue weighted by Crippen LogP contribution is 2.28. The summed E-state index contributed by atoms with van der Waals surface area (Å²) in [5.74, 6) is 0.720. The number of fused-ring (bicyclic) bond motifs is 1. The van der Waals surface area contributed by atoms with Gasteiger partial charge < -0.3 is 4.90 Å². The zero-order chi connectivity index (χ0) is 11.7. The monoisotopic (exact) mass is 229 g/mol. The minimum Gasteiger partial charge on any atom is -0.338 e. The molecule has 2 heteroatoms. The van der Waals surface area contributed by atoms with E-state index in [0.717, 1.165) is 32.4 Å². The summed E-state index contributed by atoms with van der Waals surface area (Å²) in [5.41, 5.74) is 2.76. The lowest BCUT2D eigenvalue weighted by Crippen LogP contribution is -2.39. The molecule has 1 aliphatic heterocycles. The average Bonchev–Trinajstić information content (AvgIpc) is 2.91. The molecule has 0 atom stereocenters. The van der Waals surface area contributed by atoms with Crippen LogP contribution in [0.2, 0.25) is 0 Å². The highest BCUT2D eigenvalue weighted by atomic mass is 16.2. The number of rotatable bonds is 1. The zero-order valence-electron chi connectivity index (χ0n) is 10.2. The lowest BCUT2D eigenvalue weighted by atomic mass is 9.98. The normalized spacial score (nSPS) is 20.4. The first kappa shape index (κ1) is 10.8. The molecule has 0 aromatic heterocycles. The highest BCUT2D eigenvalue weighted by molar-refractivity contribution is 5.79. The topological polar surface area (TPSA) is 20.3 Å². The molecule has 0 unspecified atom stereocenters. The van der Waals surface area contributed by atoms with E-state index >= 15 is 0 Å². The maximum absolute atomic E-state index is 12.3. The van der Waals surface area contributed by atoms with Gasteiger partial charge in [0.1, 0.15) is 0 Å². The van der Waals surface area contributed by atoms with E-state index in [1.54, 1.807) is 0 Å². The number of amides is 1. The predicted octanol–water partition coefficient (Wildman–Crippen LogP) is 2.76. The molecule has 2 aliphatic rings. The number of benzene rings is 1. The Kier molecular flexibility index (Phi) is 2.87. The van der Waals surface area contributed by atoms with Gasteiger partial charge in [-0.15, -0.1) is 0 Å². The maximum Gasteiger partial charge on any atom is 0.225 e. The van der Waals surface area contributed by atoms with Crippen LogP contribution in [-0.2, 0) is 17.8 Å². The molecule has 90 valence electrons. The lowest BCUT2D eigenvalue weighted by molar-refractivity contribution is -0.136. The SMILES string of the molecule is O=C(C1CCCC1)N1CCc2ccccc2C1. The van der Waals surface area contributed by atoms with Crippen LogP contribution in [0.5, 0.6) is 0 Å². The Balaban J connectivity index is 1.73. The van der Waals surface area contributed by atoms with Crippen molar-refractivity contribution in [3.63, 3.8) is 0 Å². The second-order valence-electron chi connectivity index (χ2n) is 5.26. The molecular formula is C15H19NO. The molecule has 1 aliphatic carbocycles. The third kappa shape index (κ3) is 2.08. The van der Waals surface area contributed by atoms with Crippen molar-refractivity contribution < 1.29 is 4.79 Å². The molecule has 2 nitrogen and oxygen atoms in total. The third-order valence-electron chi connectivity index (χ3n) is 4.15. The molecule has 3 rings (SSSR count). The van der Waals surface area contributed by atoms with Gasteiger partial charge in [0.15, 0.2) is 0 Å². The molecule has 0 N–H and O–H groups in total. The highest BCUT2D eigenvalue weighted by Gasteiger charge is 2.28. The Hall–Kier alpha value is -1.31. The molecule has 0 bridgehead atoms. The Morgan fingerprint density at radius 2 is 1.82 bits per heavy atom. The van der Waals surface area contributed by atoms with E-state index in [9.17, 15) is 4.79 Å².